The van der Waals surface area contributed by atoms with Crippen LogP contribution in [0.4, 0.5) is 0 Å². The summed E-state index contributed by atoms with van der Waals surface area (Å²) in [6, 6.07) is 3.91. The Morgan fingerprint density at radius 3 is 2.92 bits per heavy atom. The van der Waals surface area contributed by atoms with E-state index in [0.717, 1.165) is 25.4 Å². The smallest absolute Gasteiger partial charge is 0.244 e. The molecule has 4 rings (SSSR count). The minimum atomic E-state index is -0.359. The van der Waals surface area contributed by atoms with Gasteiger partial charge in [-0.05, 0) is 42.5 Å². The second-order valence-corrected chi connectivity index (χ2v) is 7.18. The lowest BCUT2D eigenvalue weighted by molar-refractivity contribution is -0.124. The lowest BCUT2D eigenvalue weighted by Crippen LogP contribution is -2.47. The first-order valence-corrected chi connectivity index (χ1v) is 8.75. The van der Waals surface area contributed by atoms with Crippen molar-refractivity contribution in [3.05, 3.63) is 41.9 Å². The highest BCUT2D eigenvalue weighted by Crippen LogP contribution is 2.38. The molecule has 3 heterocycles. The molecule has 1 aliphatic carbocycles. The van der Waals surface area contributed by atoms with Crippen LogP contribution in [0.5, 0.6) is 0 Å². The number of nitrogens with one attached hydrogen (secondary N) is 2. The maximum Gasteiger partial charge on any atom is 0.244 e. The number of nitrogens with zero attached hydrogens (tertiary/aromatic N) is 2. The first-order valence-electron chi connectivity index (χ1n) is 8.75. The fourth-order valence-electron chi connectivity index (χ4n) is 3.48. The van der Waals surface area contributed by atoms with Gasteiger partial charge >= 0.3 is 0 Å². The summed E-state index contributed by atoms with van der Waals surface area (Å²) in [7, 11) is 0. The van der Waals surface area contributed by atoms with Crippen molar-refractivity contribution in [3.63, 3.8) is 0 Å². The number of rotatable bonds is 5. The summed E-state index contributed by atoms with van der Waals surface area (Å²) in [6.07, 6.45) is 7.92. The van der Waals surface area contributed by atoms with Crippen LogP contribution in [0.25, 0.3) is 0 Å². The molecule has 1 saturated heterocycles. The zero-order valence-electron chi connectivity index (χ0n) is 13.9. The normalized spacial score (nSPS) is 30.0. The molecule has 0 bridgehead atoms. The van der Waals surface area contributed by atoms with E-state index in [1.165, 1.54) is 18.4 Å². The Morgan fingerprint density at radius 1 is 1.38 bits per heavy atom. The van der Waals surface area contributed by atoms with Gasteiger partial charge in [0.2, 0.25) is 5.91 Å². The number of hydroxylamine groups is 1. The predicted molar refractivity (Wildman–Crippen MR) is 89.4 cm³/mol. The van der Waals surface area contributed by atoms with Crippen molar-refractivity contribution in [2.75, 3.05) is 13.1 Å². The molecule has 1 saturated carbocycles. The summed E-state index contributed by atoms with van der Waals surface area (Å²) in [5, 5.41) is 3.19. The van der Waals surface area contributed by atoms with E-state index < -0.39 is 0 Å². The molecule has 2 fully saturated rings. The number of pyridine rings is 1. The van der Waals surface area contributed by atoms with Crippen LogP contribution >= 0.6 is 0 Å². The van der Waals surface area contributed by atoms with Crippen LogP contribution in [0.3, 0.4) is 0 Å². The fraction of sp³-hybridized carbons (Fsp3) is 0.556. The fourth-order valence-corrected chi connectivity index (χ4v) is 3.48. The lowest BCUT2D eigenvalue weighted by atomic mass is 10.1. The van der Waals surface area contributed by atoms with E-state index in [-0.39, 0.29) is 18.0 Å². The molecule has 3 aliphatic rings. The van der Waals surface area contributed by atoms with Gasteiger partial charge in [-0.1, -0.05) is 6.92 Å². The molecule has 0 radical (unpaired) electrons. The van der Waals surface area contributed by atoms with Crippen LogP contribution in [0.1, 0.15) is 25.3 Å². The Hall–Kier alpha value is -1.92. The van der Waals surface area contributed by atoms with Gasteiger partial charge in [0.25, 0.3) is 0 Å². The third kappa shape index (κ3) is 3.44. The van der Waals surface area contributed by atoms with Gasteiger partial charge < -0.3 is 10.2 Å². The number of carbonyl (C=O) groups is 1. The van der Waals surface area contributed by atoms with Crippen molar-refractivity contribution in [2.45, 2.75) is 38.4 Å². The third-order valence-corrected chi connectivity index (χ3v) is 5.07. The molecule has 3 unspecified atom stereocenters. The second-order valence-electron chi connectivity index (χ2n) is 7.18. The molecule has 2 aliphatic heterocycles. The first kappa shape index (κ1) is 15.6. The molecule has 24 heavy (non-hydrogen) atoms. The Labute approximate surface area is 142 Å². The zero-order valence-corrected chi connectivity index (χ0v) is 13.9. The van der Waals surface area contributed by atoms with E-state index in [1.54, 1.807) is 0 Å². The van der Waals surface area contributed by atoms with Gasteiger partial charge in [-0.25, -0.2) is 0 Å². The highest BCUT2D eigenvalue weighted by atomic mass is 16.7. The third-order valence-electron chi connectivity index (χ3n) is 5.07. The predicted octanol–water partition coefficient (Wildman–Crippen LogP) is 1.22. The van der Waals surface area contributed by atoms with E-state index in [0.29, 0.717) is 11.8 Å². The van der Waals surface area contributed by atoms with Gasteiger partial charge in [0.15, 0.2) is 0 Å². The van der Waals surface area contributed by atoms with Crippen LogP contribution in [0.2, 0.25) is 0 Å². The summed E-state index contributed by atoms with van der Waals surface area (Å²) >= 11 is 0. The van der Waals surface area contributed by atoms with Gasteiger partial charge in [0.05, 0.1) is 0 Å². The van der Waals surface area contributed by atoms with Crippen LogP contribution in [0, 0.1) is 11.8 Å². The molecule has 1 aromatic rings. The summed E-state index contributed by atoms with van der Waals surface area (Å²) in [4.78, 5) is 24.4. The molecule has 1 aromatic heterocycles. The van der Waals surface area contributed by atoms with Crippen molar-refractivity contribution in [1.29, 1.82) is 0 Å². The highest BCUT2D eigenvalue weighted by molar-refractivity contribution is 5.84. The molecule has 0 aromatic carbocycles. The van der Waals surface area contributed by atoms with E-state index in [2.05, 4.69) is 27.6 Å². The van der Waals surface area contributed by atoms with Crippen molar-refractivity contribution in [1.82, 2.24) is 20.7 Å². The van der Waals surface area contributed by atoms with Gasteiger partial charge in [0.1, 0.15) is 11.8 Å². The first-order chi connectivity index (χ1) is 11.7. The van der Waals surface area contributed by atoms with E-state index in [4.69, 9.17) is 4.84 Å². The Morgan fingerprint density at radius 2 is 2.17 bits per heavy atom. The van der Waals surface area contributed by atoms with Crippen molar-refractivity contribution < 1.29 is 9.63 Å². The Kier molecular flexibility index (Phi) is 4.24. The number of hydrogen-bond donors (Lipinski definition) is 2. The number of hydrogen-bond acceptors (Lipinski definition) is 5. The highest BCUT2D eigenvalue weighted by Gasteiger charge is 2.36. The number of amides is 1. The van der Waals surface area contributed by atoms with E-state index in [9.17, 15) is 4.79 Å². The summed E-state index contributed by atoms with van der Waals surface area (Å²) in [6.45, 7) is 4.96. The second kappa shape index (κ2) is 6.53. The van der Waals surface area contributed by atoms with Gasteiger partial charge in [-0.2, -0.15) is 0 Å². The van der Waals surface area contributed by atoms with Crippen molar-refractivity contribution >= 4 is 5.91 Å². The SMILES string of the molecule is CC1CN(Cc2ccncc2)CC1NC(=O)C1C=C(C2CC2)ON1. The molecule has 6 heteroatoms. The maximum absolute atomic E-state index is 12.5. The number of carbonyl (C=O) groups excluding carboxylic acids is 1. The lowest BCUT2D eigenvalue weighted by Gasteiger charge is -2.19. The van der Waals surface area contributed by atoms with Gasteiger partial charge in [-0.15, -0.1) is 5.48 Å². The summed E-state index contributed by atoms with van der Waals surface area (Å²) < 4.78 is 0. The van der Waals surface area contributed by atoms with Crippen molar-refractivity contribution in [2.24, 2.45) is 11.8 Å². The van der Waals surface area contributed by atoms with Crippen LogP contribution in [-0.4, -0.2) is 41.0 Å². The topological polar surface area (TPSA) is 66.5 Å². The molecule has 3 atom stereocenters. The monoisotopic (exact) mass is 328 g/mol. The van der Waals surface area contributed by atoms with Crippen LogP contribution in [-0.2, 0) is 16.2 Å². The maximum atomic E-state index is 12.5. The van der Waals surface area contributed by atoms with Gasteiger partial charge in [0, 0.05) is 44.0 Å². The minimum absolute atomic E-state index is 0.00765. The standard InChI is InChI=1S/C18H24N4O2/c1-12-9-22(10-13-4-6-19-7-5-13)11-16(12)20-18(23)15-8-17(24-21-15)14-2-3-14/h4-8,12,14-16,21H,2-3,9-11H2,1H3,(H,20,23). The molecule has 6 nitrogen and oxygen atoms in total. The average Bonchev–Trinajstić information content (AvgIpc) is 3.21. The summed E-state index contributed by atoms with van der Waals surface area (Å²) in [5.41, 5.74) is 4.10. The Bertz CT molecular complexity index is 629. The molecular weight excluding hydrogens is 304 g/mol. The molecule has 2 N–H and O–H groups in total. The number of likely N-dealkylation sites (tertiary alicyclic amines) is 1. The zero-order chi connectivity index (χ0) is 16.5. The molecular formula is C18H24N4O2. The summed E-state index contributed by atoms with van der Waals surface area (Å²) in [5.74, 6) is 1.91. The number of allylic oxidation sites excluding steroid dienone is 1. The van der Waals surface area contributed by atoms with Gasteiger partial charge in [-0.3, -0.25) is 14.7 Å². The van der Waals surface area contributed by atoms with Crippen molar-refractivity contribution in [3.8, 4) is 0 Å². The van der Waals surface area contributed by atoms with Crippen LogP contribution in [0.15, 0.2) is 36.4 Å². The van der Waals surface area contributed by atoms with E-state index >= 15 is 0 Å². The quantitative estimate of drug-likeness (QED) is 0.851. The molecule has 1 amide bonds. The minimum Gasteiger partial charge on any atom is -0.412 e. The van der Waals surface area contributed by atoms with Crippen LogP contribution < -0.4 is 10.8 Å². The van der Waals surface area contributed by atoms with E-state index in [1.807, 2.05) is 30.6 Å². The molecule has 128 valence electrons. The largest absolute Gasteiger partial charge is 0.412 e. The molecule has 0 spiro atoms. The average molecular weight is 328 g/mol. The Balaban J connectivity index is 1.31. The number of aromatic nitrogens is 1.